The van der Waals surface area contributed by atoms with Gasteiger partial charge in [0.2, 0.25) is 0 Å². The van der Waals surface area contributed by atoms with Crippen LogP contribution in [0.2, 0.25) is 0 Å². The first-order valence-electron chi connectivity index (χ1n) is 7.63. The fourth-order valence-corrected chi connectivity index (χ4v) is 4.50. The van der Waals surface area contributed by atoms with Gasteiger partial charge in [0.25, 0.3) is 5.91 Å². The normalized spacial score (nSPS) is 17.6. The van der Waals surface area contributed by atoms with Crippen LogP contribution in [0.25, 0.3) is 10.6 Å². The summed E-state index contributed by atoms with van der Waals surface area (Å²) < 4.78 is 0. The Morgan fingerprint density at radius 2 is 2.04 bits per heavy atom. The number of thiazole rings is 1. The second-order valence-corrected chi connectivity index (χ2v) is 7.34. The molecule has 1 aliphatic rings. The van der Waals surface area contributed by atoms with Crippen molar-refractivity contribution in [3.05, 3.63) is 63.8 Å². The van der Waals surface area contributed by atoms with Crippen LogP contribution in [0.3, 0.4) is 0 Å². The van der Waals surface area contributed by atoms with Crippen LogP contribution in [0.4, 0.5) is 0 Å². The van der Waals surface area contributed by atoms with Crippen molar-refractivity contribution in [3.8, 4) is 10.6 Å². The van der Waals surface area contributed by atoms with E-state index in [1.165, 1.54) is 16.9 Å². The molecule has 1 fully saturated rings. The van der Waals surface area contributed by atoms with Crippen molar-refractivity contribution in [1.29, 1.82) is 0 Å². The van der Waals surface area contributed by atoms with E-state index in [0.29, 0.717) is 11.6 Å². The van der Waals surface area contributed by atoms with E-state index in [4.69, 9.17) is 0 Å². The first kappa shape index (κ1) is 14.6. The van der Waals surface area contributed by atoms with E-state index in [0.717, 1.165) is 30.1 Å². The van der Waals surface area contributed by atoms with Crippen LogP contribution in [-0.4, -0.2) is 28.9 Å². The van der Waals surface area contributed by atoms with Gasteiger partial charge in [-0.1, -0.05) is 30.3 Å². The highest BCUT2D eigenvalue weighted by Gasteiger charge is 2.29. The molecule has 2 aromatic heterocycles. The molecule has 1 amide bonds. The van der Waals surface area contributed by atoms with Gasteiger partial charge >= 0.3 is 0 Å². The molecule has 3 nitrogen and oxygen atoms in total. The average Bonchev–Trinajstić information content (AvgIpc) is 3.35. The fraction of sp³-hybridized carbons (Fsp3) is 0.222. The van der Waals surface area contributed by atoms with Crippen molar-refractivity contribution in [3.63, 3.8) is 0 Å². The lowest BCUT2D eigenvalue weighted by molar-refractivity contribution is 0.0786. The van der Waals surface area contributed by atoms with Gasteiger partial charge in [0.1, 0.15) is 10.7 Å². The van der Waals surface area contributed by atoms with E-state index >= 15 is 0 Å². The molecule has 3 heterocycles. The molecule has 1 aromatic carbocycles. The summed E-state index contributed by atoms with van der Waals surface area (Å²) in [6.07, 6.45) is 1.03. The number of amides is 1. The predicted octanol–water partition coefficient (Wildman–Crippen LogP) is 4.50. The number of carbonyl (C=O) groups excluding carboxylic acids is 1. The van der Waals surface area contributed by atoms with Crippen LogP contribution in [0.1, 0.15) is 28.4 Å². The third-order valence-corrected chi connectivity index (χ3v) is 5.81. The number of likely N-dealkylation sites (tertiary alicyclic amines) is 1. The summed E-state index contributed by atoms with van der Waals surface area (Å²) in [6, 6.07) is 12.5. The highest BCUT2D eigenvalue weighted by Crippen LogP contribution is 2.30. The quantitative estimate of drug-likeness (QED) is 0.703. The molecule has 4 rings (SSSR count). The summed E-state index contributed by atoms with van der Waals surface area (Å²) in [5, 5.41) is 6.90. The standard InChI is InChI=1S/C18H16N2OS2/c21-18(16-12-23-17(19-16)15-7-9-22-11-15)20-8-6-14(10-20)13-4-2-1-3-5-13/h1-5,7,9,11-12,14H,6,8,10H2. The van der Waals surface area contributed by atoms with Gasteiger partial charge < -0.3 is 4.90 Å². The molecule has 0 radical (unpaired) electrons. The van der Waals surface area contributed by atoms with Crippen molar-refractivity contribution in [2.24, 2.45) is 0 Å². The largest absolute Gasteiger partial charge is 0.337 e. The van der Waals surface area contributed by atoms with E-state index in [9.17, 15) is 4.79 Å². The number of rotatable bonds is 3. The molecule has 0 bridgehead atoms. The molecule has 116 valence electrons. The number of nitrogens with zero attached hydrogens (tertiary/aromatic N) is 2. The average molecular weight is 340 g/mol. The lowest BCUT2D eigenvalue weighted by Gasteiger charge is -2.15. The Bertz CT molecular complexity index is 796. The van der Waals surface area contributed by atoms with E-state index in [1.807, 2.05) is 27.8 Å². The Balaban J connectivity index is 1.48. The lowest BCUT2D eigenvalue weighted by Crippen LogP contribution is -2.28. The Hall–Kier alpha value is -1.98. The Kier molecular flexibility index (Phi) is 3.97. The SMILES string of the molecule is O=C(c1csc(-c2ccsc2)n1)N1CCC(c2ccccc2)C1. The summed E-state index contributed by atoms with van der Waals surface area (Å²) >= 11 is 3.19. The number of hydrogen-bond acceptors (Lipinski definition) is 4. The second-order valence-electron chi connectivity index (χ2n) is 5.70. The molecule has 0 saturated carbocycles. The molecule has 1 atom stereocenters. The van der Waals surface area contributed by atoms with Crippen molar-refractivity contribution < 1.29 is 4.79 Å². The molecule has 1 saturated heterocycles. The van der Waals surface area contributed by atoms with Crippen LogP contribution in [0, 0.1) is 0 Å². The molecule has 0 spiro atoms. The molecule has 0 N–H and O–H groups in total. The molecule has 1 aliphatic heterocycles. The summed E-state index contributed by atoms with van der Waals surface area (Å²) in [4.78, 5) is 19.1. The topological polar surface area (TPSA) is 33.2 Å². The first-order valence-corrected chi connectivity index (χ1v) is 9.46. The Labute approximate surface area is 143 Å². The smallest absolute Gasteiger partial charge is 0.273 e. The zero-order valence-corrected chi connectivity index (χ0v) is 14.1. The van der Waals surface area contributed by atoms with Crippen LogP contribution in [0.15, 0.2) is 52.5 Å². The van der Waals surface area contributed by atoms with Gasteiger partial charge in [-0.15, -0.1) is 11.3 Å². The maximum atomic E-state index is 12.7. The van der Waals surface area contributed by atoms with E-state index in [-0.39, 0.29) is 5.91 Å². The summed E-state index contributed by atoms with van der Waals surface area (Å²) in [5.74, 6) is 0.497. The molecule has 3 aromatic rings. The number of aromatic nitrogens is 1. The molecule has 5 heteroatoms. The highest BCUT2D eigenvalue weighted by molar-refractivity contribution is 7.14. The number of carbonyl (C=O) groups is 1. The predicted molar refractivity (Wildman–Crippen MR) is 95.1 cm³/mol. The van der Waals surface area contributed by atoms with Gasteiger partial charge in [0.15, 0.2) is 0 Å². The Morgan fingerprint density at radius 1 is 1.17 bits per heavy atom. The van der Waals surface area contributed by atoms with Crippen LogP contribution >= 0.6 is 22.7 Å². The van der Waals surface area contributed by atoms with Crippen LogP contribution in [0.5, 0.6) is 0 Å². The van der Waals surface area contributed by atoms with E-state index in [1.54, 1.807) is 11.3 Å². The molecule has 1 unspecified atom stereocenters. The third-order valence-electron chi connectivity index (χ3n) is 4.24. The van der Waals surface area contributed by atoms with Crippen molar-refractivity contribution in [2.75, 3.05) is 13.1 Å². The minimum atomic E-state index is 0.0566. The minimum Gasteiger partial charge on any atom is -0.337 e. The summed E-state index contributed by atoms with van der Waals surface area (Å²) in [6.45, 7) is 1.60. The zero-order chi connectivity index (χ0) is 15.6. The highest BCUT2D eigenvalue weighted by atomic mass is 32.1. The monoisotopic (exact) mass is 340 g/mol. The van der Waals surface area contributed by atoms with Gasteiger partial charge in [0, 0.05) is 35.3 Å². The molecular formula is C18H16N2OS2. The summed E-state index contributed by atoms with van der Waals surface area (Å²) in [7, 11) is 0. The van der Waals surface area contributed by atoms with Crippen molar-refractivity contribution in [1.82, 2.24) is 9.88 Å². The van der Waals surface area contributed by atoms with Crippen molar-refractivity contribution >= 4 is 28.6 Å². The fourth-order valence-electron chi connectivity index (χ4n) is 2.99. The van der Waals surface area contributed by atoms with Crippen molar-refractivity contribution in [2.45, 2.75) is 12.3 Å². The maximum absolute atomic E-state index is 12.7. The number of hydrogen-bond donors (Lipinski definition) is 0. The van der Waals surface area contributed by atoms with Crippen LogP contribution in [-0.2, 0) is 0 Å². The minimum absolute atomic E-state index is 0.0566. The van der Waals surface area contributed by atoms with Gasteiger partial charge in [0.05, 0.1) is 0 Å². The third kappa shape index (κ3) is 2.94. The van der Waals surface area contributed by atoms with Gasteiger partial charge in [-0.25, -0.2) is 4.98 Å². The molecular weight excluding hydrogens is 324 g/mol. The second kappa shape index (κ2) is 6.26. The van der Waals surface area contributed by atoms with Crippen LogP contribution < -0.4 is 0 Å². The van der Waals surface area contributed by atoms with Gasteiger partial charge in [-0.3, -0.25) is 4.79 Å². The molecule has 23 heavy (non-hydrogen) atoms. The number of benzene rings is 1. The lowest BCUT2D eigenvalue weighted by atomic mass is 9.99. The van der Waals surface area contributed by atoms with Gasteiger partial charge in [-0.2, -0.15) is 11.3 Å². The molecule has 0 aliphatic carbocycles. The maximum Gasteiger partial charge on any atom is 0.273 e. The zero-order valence-electron chi connectivity index (χ0n) is 12.5. The first-order chi connectivity index (χ1) is 11.3. The van der Waals surface area contributed by atoms with E-state index in [2.05, 4.69) is 34.6 Å². The Morgan fingerprint density at radius 3 is 2.83 bits per heavy atom. The number of thiophene rings is 1. The van der Waals surface area contributed by atoms with Gasteiger partial charge in [-0.05, 0) is 23.4 Å². The summed E-state index contributed by atoms with van der Waals surface area (Å²) in [5.41, 5.74) is 2.99. The van der Waals surface area contributed by atoms with E-state index < -0.39 is 0 Å².